The van der Waals surface area contributed by atoms with E-state index in [2.05, 4.69) is 29.2 Å². The minimum Gasteiger partial charge on any atom is -0.336 e. The number of hydrogen-bond acceptors (Lipinski definition) is 4. The number of carbonyl (C=O) groups excluding carboxylic acids is 1. The highest BCUT2D eigenvalue weighted by atomic mass is 32.2. The molecule has 0 atom stereocenters. The molecule has 0 radical (unpaired) electrons. The molecule has 3 rings (SSSR count). The molecule has 0 aliphatic carbocycles. The first-order chi connectivity index (χ1) is 13.4. The molecule has 0 unspecified atom stereocenters. The maximum absolute atomic E-state index is 12.7. The fourth-order valence-electron chi connectivity index (χ4n) is 3.26. The number of nitrogens with zero attached hydrogens (tertiary/aromatic N) is 2. The zero-order valence-corrected chi connectivity index (χ0v) is 16.9. The van der Waals surface area contributed by atoms with Crippen molar-refractivity contribution in [2.24, 2.45) is 0 Å². The van der Waals surface area contributed by atoms with Gasteiger partial charge in [-0.3, -0.25) is 9.69 Å². The third kappa shape index (κ3) is 6.04. The van der Waals surface area contributed by atoms with Crippen LogP contribution in [0.2, 0.25) is 0 Å². The predicted molar refractivity (Wildman–Crippen MR) is 113 cm³/mol. The molecule has 2 aromatic carbocycles. The molecule has 5 nitrogen and oxygen atoms in total. The highest BCUT2D eigenvalue weighted by Crippen LogP contribution is 2.12. The van der Waals surface area contributed by atoms with E-state index in [1.807, 2.05) is 23.1 Å². The Kier molecular flexibility index (Phi) is 6.65. The number of amides is 1. The van der Waals surface area contributed by atoms with Gasteiger partial charge in [0.05, 0.1) is 5.75 Å². The van der Waals surface area contributed by atoms with E-state index in [9.17, 15) is 13.2 Å². The molecule has 1 saturated heterocycles. The van der Waals surface area contributed by atoms with Crippen LogP contribution in [0.25, 0.3) is 6.08 Å². The van der Waals surface area contributed by atoms with Crippen molar-refractivity contribution >= 4 is 21.8 Å². The Bertz CT molecular complexity index is 914. The summed E-state index contributed by atoms with van der Waals surface area (Å²) in [6.45, 7) is 3.96. The molecule has 1 amide bonds. The van der Waals surface area contributed by atoms with Crippen LogP contribution in [0.5, 0.6) is 0 Å². The lowest BCUT2D eigenvalue weighted by Crippen LogP contribution is -2.48. The lowest BCUT2D eigenvalue weighted by atomic mass is 10.1. The van der Waals surface area contributed by atoms with E-state index in [1.54, 1.807) is 24.3 Å². The maximum Gasteiger partial charge on any atom is 0.253 e. The molecular weight excluding hydrogens is 372 g/mol. The van der Waals surface area contributed by atoms with E-state index in [0.717, 1.165) is 19.6 Å². The van der Waals surface area contributed by atoms with Crippen LogP contribution in [0.4, 0.5) is 0 Å². The zero-order chi connectivity index (χ0) is 20.0. The Morgan fingerprint density at radius 2 is 1.61 bits per heavy atom. The van der Waals surface area contributed by atoms with Crippen molar-refractivity contribution in [2.45, 2.75) is 5.75 Å². The third-order valence-electron chi connectivity index (χ3n) is 4.76. The van der Waals surface area contributed by atoms with Gasteiger partial charge < -0.3 is 4.90 Å². The smallest absolute Gasteiger partial charge is 0.253 e. The van der Waals surface area contributed by atoms with E-state index in [0.29, 0.717) is 24.2 Å². The van der Waals surface area contributed by atoms with Gasteiger partial charge in [0.25, 0.3) is 5.91 Å². The van der Waals surface area contributed by atoms with Crippen LogP contribution in [0.3, 0.4) is 0 Å². The molecule has 0 aromatic heterocycles. The predicted octanol–water partition coefficient (Wildman–Crippen LogP) is 2.70. The maximum atomic E-state index is 12.7. The Morgan fingerprint density at radius 1 is 0.964 bits per heavy atom. The van der Waals surface area contributed by atoms with Crippen molar-refractivity contribution in [3.8, 4) is 0 Å². The number of benzene rings is 2. The van der Waals surface area contributed by atoms with Gasteiger partial charge in [0.2, 0.25) is 0 Å². The summed E-state index contributed by atoms with van der Waals surface area (Å²) >= 11 is 0. The van der Waals surface area contributed by atoms with Crippen LogP contribution in [0, 0.1) is 0 Å². The Labute approximate surface area is 167 Å². The lowest BCUT2D eigenvalue weighted by molar-refractivity contribution is 0.0650. The molecule has 1 heterocycles. The monoisotopic (exact) mass is 398 g/mol. The summed E-state index contributed by atoms with van der Waals surface area (Å²) in [6.07, 6.45) is 5.49. The van der Waals surface area contributed by atoms with Crippen molar-refractivity contribution in [3.05, 3.63) is 77.4 Å². The quantitative estimate of drug-likeness (QED) is 0.751. The van der Waals surface area contributed by atoms with Crippen LogP contribution in [-0.4, -0.2) is 63.1 Å². The summed E-state index contributed by atoms with van der Waals surface area (Å²) in [4.78, 5) is 16.9. The third-order valence-corrected chi connectivity index (χ3v) is 5.62. The highest BCUT2D eigenvalue weighted by molar-refractivity contribution is 7.89. The van der Waals surface area contributed by atoms with Gasteiger partial charge in [-0.05, 0) is 23.3 Å². The fourth-order valence-corrected chi connectivity index (χ4v) is 4.06. The van der Waals surface area contributed by atoms with Crippen LogP contribution in [0.15, 0.2) is 60.7 Å². The Morgan fingerprint density at radius 3 is 2.21 bits per heavy atom. The standard InChI is InChI=1S/C22H26N2O3S/c1-28(26,27)18-20-9-11-21(12-10-20)22(25)24-16-14-23(15-17-24)13-5-8-19-6-3-2-4-7-19/h2-12H,13-18H2,1H3/b8-5+. The van der Waals surface area contributed by atoms with Gasteiger partial charge in [0, 0.05) is 44.5 Å². The van der Waals surface area contributed by atoms with Gasteiger partial charge in [0.15, 0.2) is 9.84 Å². The second kappa shape index (κ2) is 9.17. The molecule has 0 N–H and O–H groups in total. The Hall–Kier alpha value is -2.44. The van der Waals surface area contributed by atoms with Crippen molar-refractivity contribution in [1.29, 1.82) is 0 Å². The first-order valence-electron chi connectivity index (χ1n) is 9.40. The molecule has 0 saturated carbocycles. The zero-order valence-electron chi connectivity index (χ0n) is 16.1. The summed E-state index contributed by atoms with van der Waals surface area (Å²) in [5, 5.41) is 0. The SMILES string of the molecule is CS(=O)(=O)Cc1ccc(C(=O)N2CCN(C/C=C/c3ccccc3)CC2)cc1. The van der Waals surface area contributed by atoms with Gasteiger partial charge in [0.1, 0.15) is 0 Å². The van der Waals surface area contributed by atoms with E-state index < -0.39 is 9.84 Å². The van der Waals surface area contributed by atoms with Crippen molar-refractivity contribution < 1.29 is 13.2 Å². The molecule has 1 fully saturated rings. The second-order valence-electron chi connectivity index (χ2n) is 7.17. The first kappa shape index (κ1) is 20.3. The Balaban J connectivity index is 1.49. The molecule has 0 spiro atoms. The highest BCUT2D eigenvalue weighted by Gasteiger charge is 2.21. The molecule has 0 bridgehead atoms. The molecule has 1 aliphatic rings. The summed E-state index contributed by atoms with van der Waals surface area (Å²) in [5.74, 6) is 0.00166. The molecule has 2 aromatic rings. The van der Waals surface area contributed by atoms with Gasteiger partial charge >= 0.3 is 0 Å². The van der Waals surface area contributed by atoms with Crippen molar-refractivity contribution in [3.63, 3.8) is 0 Å². The number of carbonyl (C=O) groups is 1. The van der Waals surface area contributed by atoms with Gasteiger partial charge in [-0.25, -0.2) is 8.42 Å². The normalized spacial score (nSPS) is 15.8. The van der Waals surface area contributed by atoms with E-state index in [1.165, 1.54) is 11.8 Å². The second-order valence-corrected chi connectivity index (χ2v) is 9.31. The van der Waals surface area contributed by atoms with Gasteiger partial charge in [-0.1, -0.05) is 54.6 Å². The largest absolute Gasteiger partial charge is 0.336 e. The number of rotatable bonds is 6. The van der Waals surface area contributed by atoms with Gasteiger partial charge in [-0.2, -0.15) is 0 Å². The van der Waals surface area contributed by atoms with Crippen molar-refractivity contribution in [2.75, 3.05) is 39.0 Å². The van der Waals surface area contributed by atoms with Crippen LogP contribution in [0.1, 0.15) is 21.5 Å². The number of piperazine rings is 1. The minimum absolute atomic E-state index is 0.00333. The van der Waals surface area contributed by atoms with E-state index in [-0.39, 0.29) is 11.7 Å². The van der Waals surface area contributed by atoms with Crippen molar-refractivity contribution in [1.82, 2.24) is 9.80 Å². The topological polar surface area (TPSA) is 57.7 Å². The molecule has 28 heavy (non-hydrogen) atoms. The van der Waals surface area contributed by atoms with Crippen LogP contribution >= 0.6 is 0 Å². The molecular formula is C22H26N2O3S. The van der Waals surface area contributed by atoms with Gasteiger partial charge in [-0.15, -0.1) is 0 Å². The summed E-state index contributed by atoms with van der Waals surface area (Å²) < 4.78 is 22.7. The number of hydrogen-bond donors (Lipinski definition) is 0. The van der Waals surface area contributed by atoms with Crippen LogP contribution < -0.4 is 0 Å². The average Bonchev–Trinajstić information content (AvgIpc) is 2.68. The number of sulfone groups is 1. The van der Waals surface area contributed by atoms with E-state index >= 15 is 0 Å². The summed E-state index contributed by atoms with van der Waals surface area (Å²) in [7, 11) is -3.07. The molecule has 6 heteroatoms. The first-order valence-corrected chi connectivity index (χ1v) is 11.5. The molecule has 1 aliphatic heterocycles. The average molecular weight is 399 g/mol. The van der Waals surface area contributed by atoms with E-state index in [4.69, 9.17) is 0 Å². The minimum atomic E-state index is -3.07. The lowest BCUT2D eigenvalue weighted by Gasteiger charge is -2.34. The summed E-state index contributed by atoms with van der Waals surface area (Å²) in [6, 6.07) is 17.1. The summed E-state index contributed by atoms with van der Waals surface area (Å²) in [5.41, 5.74) is 2.50. The van der Waals surface area contributed by atoms with Crippen LogP contribution in [-0.2, 0) is 15.6 Å². The fraction of sp³-hybridized carbons (Fsp3) is 0.318. The molecule has 148 valence electrons.